The maximum absolute atomic E-state index is 3.98. The van der Waals surface area contributed by atoms with E-state index in [0.717, 1.165) is 18.4 Å². The summed E-state index contributed by atoms with van der Waals surface area (Å²) >= 11 is 0. The fraction of sp³-hybridized carbons (Fsp3) is 0.103. The van der Waals surface area contributed by atoms with E-state index in [9.17, 15) is 0 Å². The summed E-state index contributed by atoms with van der Waals surface area (Å²) in [5, 5.41) is 0. The number of aryl methyl sites for hydroxylation is 1. The Hall–Kier alpha value is -3.38. The van der Waals surface area contributed by atoms with Gasteiger partial charge in [0.1, 0.15) is 0 Å². The summed E-state index contributed by atoms with van der Waals surface area (Å²) in [5.74, 6) is 0. The summed E-state index contributed by atoms with van der Waals surface area (Å²) in [5.41, 5.74) is 8.68. The number of rotatable bonds is 7. The van der Waals surface area contributed by atoms with Crippen LogP contribution in [0.4, 0.5) is 0 Å². The molecule has 0 atom stereocenters. The molecule has 0 aliphatic carbocycles. The Balaban J connectivity index is 0.000000687. The molecule has 3 rings (SSSR count). The standard InChI is InChI=1S/C25H24.C4H6/c1-4-19(3)18-21-8-12-23(13-9-21)25-16-14-24(15-17-25)22-10-6-20(5-2)7-11-22;1-3-4-2/h4,6-17H,1,3,5,18H2,2H3;3-4H,1-2H2. The maximum atomic E-state index is 3.98. The molecule has 0 heteroatoms. The van der Waals surface area contributed by atoms with Gasteiger partial charge in [-0.25, -0.2) is 0 Å². The van der Waals surface area contributed by atoms with E-state index in [1.165, 1.54) is 33.4 Å². The summed E-state index contributed by atoms with van der Waals surface area (Å²) in [6.45, 7) is 16.7. The normalized spacial score (nSPS) is 9.69. The van der Waals surface area contributed by atoms with Gasteiger partial charge in [-0.1, -0.05) is 130 Å². The number of benzene rings is 3. The lowest BCUT2D eigenvalue weighted by Crippen LogP contribution is -1.87. The Bertz CT molecular complexity index is 930. The van der Waals surface area contributed by atoms with Crippen molar-refractivity contribution in [3.05, 3.63) is 134 Å². The molecule has 3 aromatic carbocycles. The molecule has 0 bridgehead atoms. The molecule has 0 nitrogen and oxygen atoms in total. The topological polar surface area (TPSA) is 0 Å². The molecule has 0 aliphatic heterocycles. The van der Waals surface area contributed by atoms with E-state index in [2.05, 4.69) is 106 Å². The van der Waals surface area contributed by atoms with E-state index in [-0.39, 0.29) is 0 Å². The average molecular weight is 379 g/mol. The van der Waals surface area contributed by atoms with Crippen LogP contribution in [0.2, 0.25) is 0 Å². The summed E-state index contributed by atoms with van der Waals surface area (Å²) in [6.07, 6.45) is 7.03. The average Bonchev–Trinajstić information content (AvgIpc) is 2.80. The van der Waals surface area contributed by atoms with Gasteiger partial charge in [-0.2, -0.15) is 0 Å². The Labute approximate surface area is 176 Å². The molecular weight excluding hydrogens is 348 g/mol. The zero-order valence-corrected chi connectivity index (χ0v) is 17.4. The summed E-state index contributed by atoms with van der Waals surface area (Å²) < 4.78 is 0. The molecule has 29 heavy (non-hydrogen) atoms. The highest BCUT2D eigenvalue weighted by Gasteiger charge is 2.02. The molecule has 0 aliphatic rings. The van der Waals surface area contributed by atoms with E-state index >= 15 is 0 Å². The predicted molar refractivity (Wildman–Crippen MR) is 130 cm³/mol. The van der Waals surface area contributed by atoms with Crippen molar-refractivity contribution >= 4 is 0 Å². The van der Waals surface area contributed by atoms with Crippen molar-refractivity contribution in [3.63, 3.8) is 0 Å². The molecule has 0 saturated heterocycles. The second kappa shape index (κ2) is 11.5. The Kier molecular flexibility index (Phi) is 8.66. The van der Waals surface area contributed by atoms with Crippen LogP contribution in [0.3, 0.4) is 0 Å². The fourth-order valence-electron chi connectivity index (χ4n) is 2.94. The van der Waals surface area contributed by atoms with Gasteiger partial charge in [-0.15, -0.1) is 0 Å². The van der Waals surface area contributed by atoms with Gasteiger partial charge in [-0.3, -0.25) is 0 Å². The lowest BCUT2D eigenvalue weighted by Gasteiger charge is -2.07. The summed E-state index contributed by atoms with van der Waals surface area (Å²) in [6, 6.07) is 26.3. The number of hydrogen-bond donors (Lipinski definition) is 0. The molecule has 0 fully saturated rings. The van der Waals surface area contributed by atoms with Gasteiger partial charge in [0.25, 0.3) is 0 Å². The van der Waals surface area contributed by atoms with E-state index in [4.69, 9.17) is 0 Å². The lowest BCUT2D eigenvalue weighted by molar-refractivity contribution is 1.14. The highest BCUT2D eigenvalue weighted by atomic mass is 14.1. The van der Waals surface area contributed by atoms with Crippen molar-refractivity contribution in [2.75, 3.05) is 0 Å². The monoisotopic (exact) mass is 378 g/mol. The van der Waals surface area contributed by atoms with Crippen LogP contribution in [-0.4, -0.2) is 0 Å². The van der Waals surface area contributed by atoms with Crippen molar-refractivity contribution in [3.8, 4) is 22.3 Å². The predicted octanol–water partition coefficient (Wildman–Crippen LogP) is 8.23. The molecule has 3 aromatic rings. The molecular formula is C29H30. The second-order valence-electron chi connectivity index (χ2n) is 6.84. The largest absolute Gasteiger partial charge is 0.0991 e. The molecule has 0 saturated carbocycles. The van der Waals surface area contributed by atoms with Gasteiger partial charge < -0.3 is 0 Å². The van der Waals surface area contributed by atoms with Crippen LogP contribution in [0, 0.1) is 0 Å². The summed E-state index contributed by atoms with van der Waals surface area (Å²) in [4.78, 5) is 0. The molecule has 0 spiro atoms. The second-order valence-corrected chi connectivity index (χ2v) is 6.84. The minimum Gasteiger partial charge on any atom is -0.0991 e. The molecule has 0 aromatic heterocycles. The minimum atomic E-state index is 0.858. The van der Waals surface area contributed by atoms with Gasteiger partial charge in [0.15, 0.2) is 0 Å². The van der Waals surface area contributed by atoms with Gasteiger partial charge in [0, 0.05) is 0 Å². The Morgan fingerprint density at radius 3 is 1.28 bits per heavy atom. The van der Waals surface area contributed by atoms with Gasteiger partial charge in [-0.05, 0) is 46.2 Å². The first-order valence-electron chi connectivity index (χ1n) is 9.93. The van der Waals surface area contributed by atoms with Crippen LogP contribution in [0.25, 0.3) is 22.3 Å². The van der Waals surface area contributed by atoms with E-state index in [1.54, 1.807) is 12.2 Å². The van der Waals surface area contributed by atoms with E-state index in [0.29, 0.717) is 0 Å². The first kappa shape index (κ1) is 21.9. The first-order chi connectivity index (χ1) is 14.1. The minimum absolute atomic E-state index is 0.858. The van der Waals surface area contributed by atoms with Crippen LogP contribution < -0.4 is 0 Å². The molecule has 0 heterocycles. The van der Waals surface area contributed by atoms with Gasteiger partial charge in [0.05, 0.1) is 0 Å². The van der Waals surface area contributed by atoms with Crippen LogP contribution >= 0.6 is 0 Å². The maximum Gasteiger partial charge on any atom is -0.00318 e. The lowest BCUT2D eigenvalue weighted by atomic mass is 9.98. The van der Waals surface area contributed by atoms with Crippen molar-refractivity contribution in [1.29, 1.82) is 0 Å². The molecule has 0 radical (unpaired) electrons. The first-order valence-corrected chi connectivity index (χ1v) is 9.93. The fourth-order valence-corrected chi connectivity index (χ4v) is 2.94. The van der Waals surface area contributed by atoms with Gasteiger partial charge in [0.2, 0.25) is 0 Å². The Morgan fingerprint density at radius 2 is 0.966 bits per heavy atom. The zero-order chi connectivity index (χ0) is 21.1. The number of hydrogen-bond acceptors (Lipinski definition) is 0. The number of allylic oxidation sites excluding steroid dienone is 4. The van der Waals surface area contributed by atoms with Crippen LogP contribution in [0.15, 0.2) is 123 Å². The van der Waals surface area contributed by atoms with Crippen molar-refractivity contribution < 1.29 is 0 Å². The van der Waals surface area contributed by atoms with Crippen LogP contribution in [-0.2, 0) is 12.8 Å². The van der Waals surface area contributed by atoms with Crippen molar-refractivity contribution in [2.45, 2.75) is 19.8 Å². The van der Waals surface area contributed by atoms with Gasteiger partial charge >= 0.3 is 0 Å². The third-order valence-electron chi connectivity index (χ3n) is 4.75. The highest BCUT2D eigenvalue weighted by molar-refractivity contribution is 5.70. The van der Waals surface area contributed by atoms with Crippen molar-refractivity contribution in [2.24, 2.45) is 0 Å². The third kappa shape index (κ3) is 6.62. The molecule has 0 unspecified atom stereocenters. The van der Waals surface area contributed by atoms with E-state index in [1.807, 2.05) is 6.08 Å². The van der Waals surface area contributed by atoms with Crippen LogP contribution in [0.1, 0.15) is 18.1 Å². The third-order valence-corrected chi connectivity index (χ3v) is 4.75. The van der Waals surface area contributed by atoms with E-state index < -0.39 is 0 Å². The molecule has 146 valence electrons. The zero-order valence-electron chi connectivity index (χ0n) is 17.4. The quantitative estimate of drug-likeness (QED) is 0.363. The molecule has 0 N–H and O–H groups in total. The smallest absolute Gasteiger partial charge is 0.00318 e. The SMILES string of the molecule is C=CC(=C)Cc1ccc(-c2ccc(-c3ccc(CC)cc3)cc2)cc1.C=CC=C. The van der Waals surface area contributed by atoms with Crippen molar-refractivity contribution in [1.82, 2.24) is 0 Å². The highest BCUT2D eigenvalue weighted by Crippen LogP contribution is 2.26. The van der Waals surface area contributed by atoms with Crippen LogP contribution in [0.5, 0.6) is 0 Å². The molecule has 0 amide bonds. The Morgan fingerprint density at radius 1 is 0.621 bits per heavy atom. The summed E-state index contributed by atoms with van der Waals surface area (Å²) in [7, 11) is 0.